The summed E-state index contributed by atoms with van der Waals surface area (Å²) in [5.41, 5.74) is 2.60. The van der Waals surface area contributed by atoms with Crippen molar-refractivity contribution in [2.45, 2.75) is 57.2 Å². The molecule has 4 nitrogen and oxygen atoms in total. The van der Waals surface area contributed by atoms with Crippen LogP contribution in [0.2, 0.25) is 0 Å². The number of allylic oxidation sites excluding steroid dienone is 2. The Morgan fingerprint density at radius 2 is 2.00 bits per heavy atom. The highest BCUT2D eigenvalue weighted by atomic mass is 16.3. The van der Waals surface area contributed by atoms with E-state index in [0.29, 0.717) is 24.7 Å². The molecule has 1 amide bonds. The Morgan fingerprint density at radius 3 is 2.72 bits per heavy atom. The summed E-state index contributed by atoms with van der Waals surface area (Å²) >= 11 is 0. The molecule has 0 unspecified atom stereocenters. The molecule has 0 spiro atoms. The monoisotopic (exact) mass is 397 g/mol. The number of unbranched alkanes of at least 4 members (excludes halogenated alkanes) is 1. The number of benzene rings is 1. The molecule has 0 heterocycles. The highest BCUT2D eigenvalue weighted by Gasteiger charge is 2.43. The van der Waals surface area contributed by atoms with Crippen molar-refractivity contribution >= 4 is 5.91 Å². The van der Waals surface area contributed by atoms with E-state index in [-0.39, 0.29) is 17.9 Å². The lowest BCUT2D eigenvalue weighted by Crippen LogP contribution is -2.21. The molecular weight excluding hydrogens is 362 g/mol. The molecule has 1 fully saturated rings. The van der Waals surface area contributed by atoms with Gasteiger partial charge in [0, 0.05) is 32.9 Å². The fourth-order valence-corrected chi connectivity index (χ4v) is 4.82. The second kappa shape index (κ2) is 10.2. The molecule has 4 heteroatoms. The SMILES string of the molecule is CN(C)C(=O)CCCCC1=C[C@H]2C[C@@H](O)[C@H](/C=C/[C@@H](O)Cc3ccccc3)[C@H]2C1. The standard InChI is InChI=1S/C25H35NO3/c1-26(2)25(29)11-7-6-10-19-14-20-17-24(28)22(23(20)16-19)13-12-21(27)15-18-8-4-3-5-9-18/h3-5,8-9,12-14,20-24,27-28H,6-7,10-11,15-17H2,1-2H3/b13-12+/t20-,21+,22+,23-,24+/m0/s1. The maximum Gasteiger partial charge on any atom is 0.222 e. The van der Waals surface area contributed by atoms with Gasteiger partial charge in [-0.15, -0.1) is 0 Å². The van der Waals surface area contributed by atoms with Crippen molar-refractivity contribution in [2.75, 3.05) is 14.1 Å². The third kappa shape index (κ3) is 6.03. The molecule has 1 aromatic rings. The summed E-state index contributed by atoms with van der Waals surface area (Å²) in [6, 6.07) is 10.00. The van der Waals surface area contributed by atoms with Gasteiger partial charge in [0.15, 0.2) is 0 Å². The Labute approximate surface area is 174 Å². The zero-order valence-electron chi connectivity index (χ0n) is 17.7. The van der Waals surface area contributed by atoms with Gasteiger partial charge in [0.25, 0.3) is 0 Å². The molecule has 3 rings (SSSR count). The van der Waals surface area contributed by atoms with E-state index in [1.165, 1.54) is 5.57 Å². The van der Waals surface area contributed by atoms with Gasteiger partial charge in [0.05, 0.1) is 12.2 Å². The van der Waals surface area contributed by atoms with E-state index in [9.17, 15) is 15.0 Å². The fourth-order valence-electron chi connectivity index (χ4n) is 4.82. The lowest BCUT2D eigenvalue weighted by atomic mass is 9.88. The number of carbonyl (C=O) groups excluding carboxylic acids is 1. The Kier molecular flexibility index (Phi) is 7.68. The molecule has 0 bridgehead atoms. The normalized spacial score (nSPS) is 27.1. The van der Waals surface area contributed by atoms with Crippen molar-refractivity contribution in [1.82, 2.24) is 4.90 Å². The Balaban J connectivity index is 1.46. The van der Waals surface area contributed by atoms with E-state index in [1.807, 2.05) is 36.4 Å². The van der Waals surface area contributed by atoms with Crippen LogP contribution in [0, 0.1) is 17.8 Å². The van der Waals surface area contributed by atoms with Gasteiger partial charge in [-0.2, -0.15) is 0 Å². The molecule has 0 aromatic heterocycles. The molecule has 1 saturated carbocycles. The van der Waals surface area contributed by atoms with Crippen LogP contribution in [0.25, 0.3) is 0 Å². The average molecular weight is 398 g/mol. The van der Waals surface area contributed by atoms with Gasteiger partial charge in [-0.25, -0.2) is 0 Å². The minimum Gasteiger partial charge on any atom is -0.392 e. The summed E-state index contributed by atoms with van der Waals surface area (Å²) in [6.45, 7) is 0. The lowest BCUT2D eigenvalue weighted by molar-refractivity contribution is -0.128. The molecule has 0 aliphatic heterocycles. The van der Waals surface area contributed by atoms with Crippen LogP contribution >= 0.6 is 0 Å². The number of rotatable bonds is 9. The van der Waals surface area contributed by atoms with Crippen LogP contribution in [0.5, 0.6) is 0 Å². The topological polar surface area (TPSA) is 60.8 Å². The van der Waals surface area contributed by atoms with Crippen molar-refractivity contribution < 1.29 is 15.0 Å². The fraction of sp³-hybridized carbons (Fsp3) is 0.560. The molecule has 0 radical (unpaired) electrons. The smallest absolute Gasteiger partial charge is 0.222 e. The van der Waals surface area contributed by atoms with E-state index in [1.54, 1.807) is 19.0 Å². The molecular formula is C25H35NO3. The predicted molar refractivity (Wildman–Crippen MR) is 116 cm³/mol. The quantitative estimate of drug-likeness (QED) is 0.493. The first-order chi connectivity index (χ1) is 13.9. The van der Waals surface area contributed by atoms with Crippen LogP contribution in [-0.4, -0.2) is 47.3 Å². The predicted octanol–water partition coefficient (Wildman–Crippen LogP) is 3.74. The first kappa shape index (κ1) is 21.8. The van der Waals surface area contributed by atoms with Crippen molar-refractivity contribution in [1.29, 1.82) is 0 Å². The van der Waals surface area contributed by atoms with Crippen molar-refractivity contribution in [3.63, 3.8) is 0 Å². The van der Waals surface area contributed by atoms with Crippen molar-refractivity contribution in [2.24, 2.45) is 17.8 Å². The summed E-state index contributed by atoms with van der Waals surface area (Å²) in [5, 5.41) is 20.9. The van der Waals surface area contributed by atoms with Gasteiger partial charge >= 0.3 is 0 Å². The highest BCUT2D eigenvalue weighted by Crippen LogP contribution is 2.48. The number of aliphatic hydroxyl groups is 2. The van der Waals surface area contributed by atoms with E-state index < -0.39 is 6.10 Å². The van der Waals surface area contributed by atoms with Crippen molar-refractivity contribution in [3.05, 3.63) is 59.7 Å². The van der Waals surface area contributed by atoms with Crippen LogP contribution in [0.1, 0.15) is 44.1 Å². The van der Waals surface area contributed by atoms with Crippen LogP contribution in [0.3, 0.4) is 0 Å². The van der Waals surface area contributed by atoms with Gasteiger partial charge in [0.1, 0.15) is 0 Å². The first-order valence-corrected chi connectivity index (χ1v) is 10.9. The van der Waals surface area contributed by atoms with Gasteiger partial charge in [-0.3, -0.25) is 4.79 Å². The number of fused-ring (bicyclic) bond motifs is 1. The van der Waals surface area contributed by atoms with Crippen LogP contribution in [-0.2, 0) is 11.2 Å². The second-order valence-corrected chi connectivity index (χ2v) is 8.87. The maximum atomic E-state index is 11.7. The van der Waals surface area contributed by atoms with E-state index >= 15 is 0 Å². The third-order valence-electron chi connectivity index (χ3n) is 6.43. The maximum absolute atomic E-state index is 11.7. The highest BCUT2D eigenvalue weighted by molar-refractivity contribution is 5.75. The minimum atomic E-state index is -0.522. The molecule has 2 aliphatic carbocycles. The largest absolute Gasteiger partial charge is 0.392 e. The molecule has 0 saturated heterocycles. The molecule has 5 atom stereocenters. The van der Waals surface area contributed by atoms with Crippen molar-refractivity contribution in [3.8, 4) is 0 Å². The summed E-state index contributed by atoms with van der Waals surface area (Å²) < 4.78 is 0. The second-order valence-electron chi connectivity index (χ2n) is 8.87. The summed E-state index contributed by atoms with van der Waals surface area (Å²) in [6.07, 6.45) is 11.6. The summed E-state index contributed by atoms with van der Waals surface area (Å²) in [4.78, 5) is 13.3. The lowest BCUT2D eigenvalue weighted by Gasteiger charge is -2.19. The van der Waals surface area contributed by atoms with Crippen LogP contribution < -0.4 is 0 Å². The number of hydrogen-bond donors (Lipinski definition) is 2. The molecule has 158 valence electrons. The van der Waals surface area contributed by atoms with Gasteiger partial charge in [-0.1, -0.05) is 54.1 Å². The van der Waals surface area contributed by atoms with E-state index in [4.69, 9.17) is 0 Å². The molecule has 29 heavy (non-hydrogen) atoms. The first-order valence-electron chi connectivity index (χ1n) is 10.9. The molecule has 2 N–H and O–H groups in total. The van der Waals surface area contributed by atoms with Gasteiger partial charge in [-0.05, 0) is 49.5 Å². The van der Waals surface area contributed by atoms with Crippen LogP contribution in [0.4, 0.5) is 0 Å². The average Bonchev–Trinajstić information content (AvgIpc) is 3.20. The number of aliphatic hydroxyl groups excluding tert-OH is 2. The Hall–Kier alpha value is -1.91. The molecule has 2 aliphatic rings. The zero-order chi connectivity index (χ0) is 20.8. The third-order valence-corrected chi connectivity index (χ3v) is 6.43. The van der Waals surface area contributed by atoms with E-state index in [0.717, 1.165) is 37.7 Å². The zero-order valence-corrected chi connectivity index (χ0v) is 17.7. The summed E-state index contributed by atoms with van der Waals surface area (Å²) in [5.74, 6) is 1.21. The Morgan fingerprint density at radius 1 is 1.24 bits per heavy atom. The van der Waals surface area contributed by atoms with Crippen LogP contribution in [0.15, 0.2) is 54.1 Å². The van der Waals surface area contributed by atoms with Gasteiger partial charge in [0.2, 0.25) is 5.91 Å². The number of amides is 1. The summed E-state index contributed by atoms with van der Waals surface area (Å²) in [7, 11) is 3.61. The number of hydrogen-bond acceptors (Lipinski definition) is 3. The Bertz CT molecular complexity index is 725. The number of carbonyl (C=O) groups is 1. The molecule has 1 aromatic carbocycles. The van der Waals surface area contributed by atoms with Gasteiger partial charge < -0.3 is 15.1 Å². The minimum absolute atomic E-state index is 0.120. The van der Waals surface area contributed by atoms with E-state index in [2.05, 4.69) is 12.2 Å². The number of nitrogens with zero attached hydrogens (tertiary/aromatic N) is 1.